The first-order chi connectivity index (χ1) is 15.1. The first-order valence-corrected chi connectivity index (χ1v) is 11.2. The number of rotatable bonds is 5. The maximum absolute atomic E-state index is 13.0. The van der Waals surface area contributed by atoms with Crippen LogP contribution in [0.4, 0.5) is 18.3 Å². The van der Waals surface area contributed by atoms with Gasteiger partial charge in [-0.05, 0) is 43.2 Å². The van der Waals surface area contributed by atoms with Gasteiger partial charge >= 0.3 is 12.1 Å². The Kier molecular flexibility index (Phi) is 6.13. The topological polar surface area (TPSA) is 56.7 Å². The highest BCUT2D eigenvalue weighted by molar-refractivity contribution is 7.22. The lowest BCUT2D eigenvalue weighted by Gasteiger charge is -2.44. The van der Waals surface area contributed by atoms with Crippen LogP contribution in [0.25, 0.3) is 10.2 Å². The fourth-order valence-corrected chi connectivity index (χ4v) is 5.26. The molecule has 3 aromatic rings. The standard InChI is InChI=1S/C23H24F3N3O2S/c1-14-12-29(22-27-19-7-6-18(23(24,25)26)10-20(19)32-22)15(2)11-28(14)13-17-5-3-4-16(8-17)9-21(30)31/h3-8,10,14-15H,9,11-13H2,1-2H3,(H,30,31). The fourth-order valence-electron chi connectivity index (χ4n) is 4.14. The maximum Gasteiger partial charge on any atom is 0.416 e. The van der Waals surface area contributed by atoms with Gasteiger partial charge in [-0.25, -0.2) is 4.98 Å². The number of carboxylic acid groups (broad SMARTS) is 1. The summed E-state index contributed by atoms with van der Waals surface area (Å²) in [6, 6.07) is 11.7. The monoisotopic (exact) mass is 463 g/mol. The zero-order chi connectivity index (χ0) is 23.0. The second kappa shape index (κ2) is 8.71. The van der Waals surface area contributed by atoms with Gasteiger partial charge in [0.2, 0.25) is 0 Å². The summed E-state index contributed by atoms with van der Waals surface area (Å²) in [6.07, 6.45) is -4.37. The molecule has 1 aliphatic heterocycles. The first kappa shape index (κ1) is 22.5. The van der Waals surface area contributed by atoms with E-state index in [1.54, 1.807) is 0 Å². The molecule has 2 heterocycles. The van der Waals surface area contributed by atoms with Crippen molar-refractivity contribution in [2.45, 2.75) is 45.1 Å². The molecular weight excluding hydrogens is 439 g/mol. The van der Waals surface area contributed by atoms with E-state index in [2.05, 4.69) is 28.6 Å². The highest BCUT2D eigenvalue weighted by atomic mass is 32.1. The van der Waals surface area contributed by atoms with E-state index in [9.17, 15) is 18.0 Å². The number of benzene rings is 2. The molecule has 1 saturated heterocycles. The third kappa shape index (κ3) is 4.88. The van der Waals surface area contributed by atoms with Crippen molar-refractivity contribution < 1.29 is 23.1 Å². The number of carboxylic acids is 1. The molecule has 4 rings (SSSR count). The van der Waals surface area contributed by atoms with E-state index < -0.39 is 17.7 Å². The van der Waals surface area contributed by atoms with Crippen LogP contribution >= 0.6 is 11.3 Å². The van der Waals surface area contributed by atoms with Crippen LogP contribution in [0, 0.1) is 0 Å². The van der Waals surface area contributed by atoms with Crippen molar-refractivity contribution in [3.05, 3.63) is 59.2 Å². The molecule has 2 atom stereocenters. The number of thiazole rings is 1. The lowest BCUT2D eigenvalue weighted by Crippen LogP contribution is -2.56. The molecule has 170 valence electrons. The van der Waals surface area contributed by atoms with Crippen LogP contribution < -0.4 is 4.90 Å². The fraction of sp³-hybridized carbons (Fsp3) is 0.391. The minimum absolute atomic E-state index is 0.00122. The molecule has 0 spiro atoms. The Bertz CT molecular complexity index is 1130. The van der Waals surface area contributed by atoms with Gasteiger partial charge in [0.15, 0.2) is 5.13 Å². The van der Waals surface area contributed by atoms with Crippen molar-refractivity contribution in [2.24, 2.45) is 0 Å². The normalized spacial score (nSPS) is 20.1. The molecular formula is C23H24F3N3O2S. The van der Waals surface area contributed by atoms with Crippen molar-refractivity contribution in [3.8, 4) is 0 Å². The average molecular weight is 464 g/mol. The average Bonchev–Trinajstić information content (AvgIpc) is 3.12. The summed E-state index contributed by atoms with van der Waals surface area (Å²) < 4.78 is 39.7. The number of hydrogen-bond donors (Lipinski definition) is 1. The summed E-state index contributed by atoms with van der Waals surface area (Å²) >= 11 is 1.29. The highest BCUT2D eigenvalue weighted by Gasteiger charge is 2.33. The second-order valence-electron chi connectivity index (χ2n) is 8.35. The van der Waals surface area contributed by atoms with Crippen LogP contribution in [0.2, 0.25) is 0 Å². The van der Waals surface area contributed by atoms with Crippen molar-refractivity contribution in [1.82, 2.24) is 9.88 Å². The minimum atomic E-state index is -4.37. The molecule has 0 saturated carbocycles. The van der Waals surface area contributed by atoms with Gasteiger partial charge in [0.25, 0.3) is 0 Å². The first-order valence-electron chi connectivity index (χ1n) is 10.4. The predicted molar refractivity (Wildman–Crippen MR) is 119 cm³/mol. The third-order valence-corrected chi connectivity index (χ3v) is 6.85. The van der Waals surface area contributed by atoms with Crippen LogP contribution in [0.15, 0.2) is 42.5 Å². The van der Waals surface area contributed by atoms with Crippen molar-refractivity contribution in [2.75, 3.05) is 18.0 Å². The lowest BCUT2D eigenvalue weighted by molar-refractivity contribution is -0.138. The molecule has 1 N–H and O–H groups in total. The summed E-state index contributed by atoms with van der Waals surface area (Å²) in [5.74, 6) is -0.851. The molecule has 0 aliphatic carbocycles. The molecule has 0 amide bonds. The SMILES string of the molecule is CC1CN(c2nc3ccc(C(F)(F)F)cc3s2)C(C)CN1Cc1cccc(CC(=O)O)c1. The number of carbonyl (C=O) groups is 1. The zero-order valence-electron chi connectivity index (χ0n) is 17.8. The van der Waals surface area contributed by atoms with E-state index in [0.29, 0.717) is 23.3 Å². The predicted octanol–water partition coefficient (Wildman–Crippen LogP) is 5.04. The lowest BCUT2D eigenvalue weighted by atomic mass is 10.0. The number of piperazine rings is 1. The molecule has 5 nitrogen and oxygen atoms in total. The number of halogens is 3. The van der Waals surface area contributed by atoms with Gasteiger partial charge < -0.3 is 10.0 Å². The van der Waals surface area contributed by atoms with Crippen LogP contribution in [-0.2, 0) is 23.9 Å². The van der Waals surface area contributed by atoms with Crippen LogP contribution in [0.3, 0.4) is 0 Å². The Labute approximate surface area is 188 Å². The van der Waals surface area contributed by atoms with Crippen molar-refractivity contribution in [3.63, 3.8) is 0 Å². The van der Waals surface area contributed by atoms with E-state index in [1.807, 2.05) is 24.3 Å². The van der Waals surface area contributed by atoms with Crippen molar-refractivity contribution in [1.29, 1.82) is 0 Å². The number of alkyl halides is 3. The summed E-state index contributed by atoms with van der Waals surface area (Å²) in [4.78, 5) is 20.1. The van der Waals surface area contributed by atoms with E-state index >= 15 is 0 Å². The number of aliphatic carboxylic acids is 1. The molecule has 2 aromatic carbocycles. The number of fused-ring (bicyclic) bond motifs is 1. The largest absolute Gasteiger partial charge is 0.481 e. The molecule has 0 bridgehead atoms. The smallest absolute Gasteiger partial charge is 0.416 e. The Morgan fingerprint density at radius 1 is 1.12 bits per heavy atom. The molecule has 1 fully saturated rings. The molecule has 32 heavy (non-hydrogen) atoms. The van der Waals surface area contributed by atoms with Gasteiger partial charge in [0.05, 0.1) is 22.2 Å². The Balaban J connectivity index is 1.49. The third-order valence-electron chi connectivity index (χ3n) is 5.80. The Hall–Kier alpha value is -2.65. The molecule has 1 aromatic heterocycles. The Morgan fingerprint density at radius 3 is 2.59 bits per heavy atom. The van der Waals surface area contributed by atoms with Gasteiger partial charge in [-0.2, -0.15) is 13.2 Å². The number of aromatic nitrogens is 1. The summed E-state index contributed by atoms with van der Waals surface area (Å²) in [7, 11) is 0. The maximum atomic E-state index is 13.0. The van der Waals surface area contributed by atoms with E-state index in [1.165, 1.54) is 23.5 Å². The second-order valence-corrected chi connectivity index (χ2v) is 9.36. The molecule has 1 aliphatic rings. The van der Waals surface area contributed by atoms with Crippen molar-refractivity contribution >= 4 is 32.7 Å². The van der Waals surface area contributed by atoms with Gasteiger partial charge in [0, 0.05) is 31.7 Å². The summed E-state index contributed by atoms with van der Waals surface area (Å²) in [6.45, 7) is 6.40. The minimum Gasteiger partial charge on any atom is -0.481 e. The van der Waals surface area contributed by atoms with Crippen LogP contribution in [0.5, 0.6) is 0 Å². The van der Waals surface area contributed by atoms with Gasteiger partial charge in [-0.15, -0.1) is 0 Å². The van der Waals surface area contributed by atoms with Crippen LogP contribution in [0.1, 0.15) is 30.5 Å². The van der Waals surface area contributed by atoms with E-state index in [-0.39, 0.29) is 18.5 Å². The van der Waals surface area contributed by atoms with Crippen LogP contribution in [-0.4, -0.2) is 46.1 Å². The number of nitrogens with zero attached hydrogens (tertiary/aromatic N) is 3. The van der Waals surface area contributed by atoms with Gasteiger partial charge in [0.1, 0.15) is 0 Å². The van der Waals surface area contributed by atoms with E-state index in [0.717, 1.165) is 28.9 Å². The van der Waals surface area contributed by atoms with E-state index in [4.69, 9.17) is 5.11 Å². The summed E-state index contributed by atoms with van der Waals surface area (Å²) in [5, 5.41) is 9.76. The quantitative estimate of drug-likeness (QED) is 0.575. The number of hydrogen-bond acceptors (Lipinski definition) is 5. The van der Waals surface area contributed by atoms with Gasteiger partial charge in [-0.1, -0.05) is 35.6 Å². The highest BCUT2D eigenvalue weighted by Crippen LogP contribution is 2.36. The Morgan fingerprint density at radius 2 is 1.88 bits per heavy atom. The molecule has 2 unspecified atom stereocenters. The molecule has 0 radical (unpaired) electrons. The number of anilines is 1. The molecule has 9 heteroatoms. The zero-order valence-corrected chi connectivity index (χ0v) is 18.6. The van der Waals surface area contributed by atoms with Gasteiger partial charge in [-0.3, -0.25) is 9.69 Å². The summed E-state index contributed by atoms with van der Waals surface area (Å²) in [5.41, 5.74) is 1.77.